The van der Waals surface area contributed by atoms with E-state index in [0.717, 1.165) is 11.0 Å². The molecule has 0 bridgehead atoms. The number of aliphatic hydroxyl groups excluding tert-OH is 1. The van der Waals surface area contributed by atoms with E-state index in [-0.39, 0.29) is 28.2 Å². The number of ether oxygens (including phenoxy) is 2. The van der Waals surface area contributed by atoms with Crippen molar-refractivity contribution in [1.29, 1.82) is 5.26 Å². The van der Waals surface area contributed by atoms with E-state index in [1.54, 1.807) is 30.3 Å². The zero-order valence-electron chi connectivity index (χ0n) is 21.0. The maximum absolute atomic E-state index is 14.2. The van der Waals surface area contributed by atoms with Crippen molar-refractivity contribution in [2.24, 2.45) is 17.3 Å². The molecule has 9 heteroatoms. The van der Waals surface area contributed by atoms with Gasteiger partial charge in [0.1, 0.15) is 22.9 Å². The van der Waals surface area contributed by atoms with E-state index >= 15 is 0 Å². The summed E-state index contributed by atoms with van der Waals surface area (Å²) in [5.41, 5.74) is -0.0645. The van der Waals surface area contributed by atoms with Crippen LogP contribution in [0.3, 0.4) is 0 Å². The third-order valence-corrected chi connectivity index (χ3v) is 6.07. The van der Waals surface area contributed by atoms with Gasteiger partial charge in [0.2, 0.25) is 6.10 Å². The molecule has 2 aromatic carbocycles. The molecule has 0 radical (unpaired) electrons. The number of carbonyl (C=O) groups is 1. The van der Waals surface area contributed by atoms with Crippen LogP contribution >= 0.6 is 23.2 Å². The first-order chi connectivity index (χ1) is 16.8. The first kappa shape index (κ1) is 29.6. The van der Waals surface area contributed by atoms with E-state index in [9.17, 15) is 14.4 Å². The lowest BCUT2D eigenvalue weighted by Gasteiger charge is -2.21. The van der Waals surface area contributed by atoms with Crippen molar-refractivity contribution in [3.63, 3.8) is 0 Å². The number of hydrogen-bond acceptors (Lipinski definition) is 5. The molecule has 1 aliphatic rings. The second-order valence-corrected chi connectivity index (χ2v) is 11.1. The summed E-state index contributed by atoms with van der Waals surface area (Å²) in [5, 5.41) is 17.9. The molecule has 0 aromatic heterocycles. The molecule has 0 amide bonds. The summed E-state index contributed by atoms with van der Waals surface area (Å²) in [4.78, 5) is 12.6. The van der Waals surface area contributed by atoms with Crippen LogP contribution in [0.5, 0.6) is 11.5 Å². The molecule has 6 nitrogen and oxygen atoms in total. The smallest absolute Gasteiger partial charge is 0.311 e. The highest BCUT2D eigenvalue weighted by Gasteiger charge is 2.62. The Morgan fingerprint density at radius 1 is 1.22 bits per heavy atom. The lowest BCUT2D eigenvalue weighted by Crippen LogP contribution is -2.36. The molecule has 1 aliphatic carbocycles. The van der Waals surface area contributed by atoms with E-state index in [1.165, 1.54) is 18.2 Å². The van der Waals surface area contributed by atoms with Crippen LogP contribution in [-0.4, -0.2) is 49.9 Å². The van der Waals surface area contributed by atoms with Crippen molar-refractivity contribution in [2.45, 2.75) is 20.0 Å². The first-order valence-corrected chi connectivity index (χ1v) is 12.1. The average Bonchev–Trinajstić information content (AvgIpc) is 3.32. The van der Waals surface area contributed by atoms with Gasteiger partial charge in [0.25, 0.3) is 0 Å². The zero-order chi connectivity index (χ0) is 27.1. The number of quaternary nitrogens is 1. The van der Waals surface area contributed by atoms with Crippen LogP contribution < -0.4 is 4.74 Å². The van der Waals surface area contributed by atoms with E-state index in [0.29, 0.717) is 11.3 Å². The molecule has 0 aliphatic heterocycles. The van der Waals surface area contributed by atoms with Crippen LogP contribution in [0.1, 0.15) is 25.5 Å². The Morgan fingerprint density at radius 2 is 1.86 bits per heavy atom. The predicted octanol–water partition coefficient (Wildman–Crippen LogP) is 6.00. The second-order valence-electron chi connectivity index (χ2n) is 10.1. The third-order valence-electron chi connectivity index (χ3n) is 5.82. The Hall–Kier alpha value is -2.63. The number of nitrogens with zero attached hydrogens (tertiary/aromatic N) is 2. The summed E-state index contributed by atoms with van der Waals surface area (Å²) in [7, 11) is 6.16. The molecule has 36 heavy (non-hydrogen) atoms. The molecule has 3 rings (SSSR count). The van der Waals surface area contributed by atoms with Crippen molar-refractivity contribution in [3.8, 4) is 17.6 Å². The van der Waals surface area contributed by atoms with Gasteiger partial charge in [-0.05, 0) is 41.7 Å². The number of rotatable bonds is 8. The van der Waals surface area contributed by atoms with Crippen LogP contribution in [0.4, 0.5) is 4.39 Å². The van der Waals surface area contributed by atoms with E-state index in [1.807, 2.05) is 26.0 Å². The summed E-state index contributed by atoms with van der Waals surface area (Å²) >= 11 is 11.4. The highest BCUT2D eigenvalue weighted by molar-refractivity contribution is 6.55. The first-order valence-electron chi connectivity index (χ1n) is 11.4. The molecule has 2 aromatic rings. The maximum atomic E-state index is 14.2. The van der Waals surface area contributed by atoms with Crippen LogP contribution in [-0.2, 0) is 9.53 Å². The van der Waals surface area contributed by atoms with E-state index in [2.05, 4.69) is 21.1 Å². The number of benzene rings is 2. The SMILES string of the molecule is CC1(C)C(C=C(Cl)Cl)C1C(=O)OC(C#N)c1ccc(F)c(Oc2ccccc2)c1.C[N+](C)(C)CCO. The molecule has 0 heterocycles. The van der Waals surface area contributed by atoms with Crippen molar-refractivity contribution in [1.82, 2.24) is 0 Å². The molecule has 1 saturated carbocycles. The molecule has 1 fully saturated rings. The van der Waals surface area contributed by atoms with E-state index < -0.39 is 23.8 Å². The van der Waals surface area contributed by atoms with Crippen molar-refractivity contribution < 1.29 is 28.2 Å². The lowest BCUT2D eigenvalue weighted by molar-refractivity contribution is -0.870. The van der Waals surface area contributed by atoms with Crippen molar-refractivity contribution >= 4 is 29.2 Å². The number of hydrogen-bond donors (Lipinski definition) is 1. The normalized spacial score (nSPS) is 18.6. The highest BCUT2D eigenvalue weighted by Crippen LogP contribution is 2.60. The van der Waals surface area contributed by atoms with Gasteiger partial charge in [0, 0.05) is 5.56 Å². The summed E-state index contributed by atoms with van der Waals surface area (Å²) in [6.45, 7) is 4.90. The predicted molar refractivity (Wildman–Crippen MR) is 138 cm³/mol. The minimum Gasteiger partial charge on any atom is -0.454 e. The number of para-hydroxylation sites is 1. The highest BCUT2D eigenvalue weighted by atomic mass is 35.5. The maximum Gasteiger partial charge on any atom is 0.311 e. The van der Waals surface area contributed by atoms with Gasteiger partial charge in [-0.2, -0.15) is 5.26 Å². The zero-order valence-corrected chi connectivity index (χ0v) is 22.6. The Labute approximate surface area is 222 Å². The molecule has 1 N–H and O–H groups in total. The summed E-state index contributed by atoms with van der Waals surface area (Å²) < 4.78 is 26.0. The van der Waals surface area contributed by atoms with Crippen molar-refractivity contribution in [3.05, 3.63) is 70.5 Å². The number of allylic oxidation sites excluding steroid dienone is 1. The van der Waals surface area contributed by atoms with Gasteiger partial charge in [-0.25, -0.2) is 4.39 Å². The van der Waals surface area contributed by atoms with E-state index in [4.69, 9.17) is 37.8 Å². The Bertz CT molecular complexity index is 1110. The minimum absolute atomic E-state index is 0.0634. The number of nitriles is 1. The summed E-state index contributed by atoms with van der Waals surface area (Å²) in [6.07, 6.45) is 0.397. The van der Waals surface area contributed by atoms with Crippen LogP contribution in [0.25, 0.3) is 0 Å². The molecular formula is C27H32Cl2FN2O4+. The van der Waals surface area contributed by atoms with Gasteiger partial charge in [-0.1, -0.05) is 61.3 Å². The fraction of sp³-hybridized carbons (Fsp3) is 0.407. The summed E-state index contributed by atoms with van der Waals surface area (Å²) in [6, 6.07) is 14.5. The van der Waals surface area contributed by atoms with Crippen molar-refractivity contribution in [2.75, 3.05) is 34.3 Å². The average molecular weight is 538 g/mol. The lowest BCUT2D eigenvalue weighted by atomic mass is 10.1. The monoisotopic (exact) mass is 537 g/mol. The van der Waals surface area contributed by atoms with Gasteiger partial charge in [0.05, 0.1) is 33.7 Å². The number of likely N-dealkylation sites (N-methyl/N-ethyl adjacent to an activating group) is 1. The van der Waals surface area contributed by atoms with Gasteiger partial charge >= 0.3 is 5.97 Å². The molecule has 194 valence electrons. The fourth-order valence-corrected chi connectivity index (χ4v) is 3.88. The molecule has 0 saturated heterocycles. The minimum atomic E-state index is -1.20. The van der Waals surface area contributed by atoms with Gasteiger partial charge < -0.3 is 19.1 Å². The Balaban J connectivity index is 0.000000572. The Kier molecular flexibility index (Phi) is 10.3. The largest absolute Gasteiger partial charge is 0.454 e. The number of carbonyl (C=O) groups excluding carboxylic acids is 1. The standard InChI is InChI=1S/C22H18Cl2FNO3.C5H14NO/c1-22(2)15(11-19(23)24)20(22)21(27)29-18(12-26)13-8-9-16(25)17(10-13)28-14-6-4-3-5-7-14;1-6(2,3)4-5-7/h3-11,15,18,20H,1-2H3;7H,4-5H2,1-3H3/q;+1. The van der Waals surface area contributed by atoms with Crippen LogP contribution in [0, 0.1) is 34.4 Å². The van der Waals surface area contributed by atoms with Crippen LogP contribution in [0.15, 0.2) is 59.1 Å². The number of halogens is 3. The number of esters is 1. The van der Waals surface area contributed by atoms with Gasteiger partial charge in [0.15, 0.2) is 11.6 Å². The quantitative estimate of drug-likeness (QED) is 0.329. The van der Waals surface area contributed by atoms with Gasteiger partial charge in [-0.15, -0.1) is 0 Å². The molecule has 3 unspecified atom stereocenters. The second kappa shape index (κ2) is 12.6. The molecule has 3 atom stereocenters. The summed E-state index contributed by atoms with van der Waals surface area (Å²) in [5.74, 6) is -1.39. The topological polar surface area (TPSA) is 79.6 Å². The molecule has 0 spiro atoms. The van der Waals surface area contributed by atoms with Gasteiger partial charge in [-0.3, -0.25) is 4.79 Å². The van der Waals surface area contributed by atoms with Crippen LogP contribution in [0.2, 0.25) is 0 Å². The molecular weight excluding hydrogens is 506 g/mol. The Morgan fingerprint density at radius 3 is 2.36 bits per heavy atom. The fourth-order valence-electron chi connectivity index (χ4n) is 3.61. The third kappa shape index (κ3) is 8.49. The number of aliphatic hydroxyl groups is 1.